The predicted octanol–water partition coefficient (Wildman–Crippen LogP) is 3.75. The summed E-state index contributed by atoms with van der Waals surface area (Å²) < 4.78 is 1.85. The topological polar surface area (TPSA) is 67.4 Å². The van der Waals surface area contributed by atoms with E-state index in [2.05, 4.69) is 21.1 Å². The molecule has 0 aliphatic rings. The van der Waals surface area contributed by atoms with Crippen LogP contribution in [0.1, 0.15) is 28.5 Å². The zero-order valence-electron chi connectivity index (χ0n) is 13.8. The molecule has 120 valence electrons. The minimum Gasteiger partial charge on any atom is -0.238 e. The van der Waals surface area contributed by atoms with Crippen molar-refractivity contribution in [1.82, 2.24) is 19.7 Å². The molecule has 0 N–H and O–H groups in total. The molecule has 0 spiro atoms. The average molecular weight is 335 g/mol. The summed E-state index contributed by atoms with van der Waals surface area (Å²) in [6, 6.07) is 14.1. The number of rotatable bonds is 4. The van der Waals surface area contributed by atoms with E-state index in [9.17, 15) is 5.26 Å². The van der Waals surface area contributed by atoms with Crippen molar-refractivity contribution in [2.45, 2.75) is 31.6 Å². The summed E-state index contributed by atoms with van der Waals surface area (Å²) >= 11 is 1.59. The molecule has 0 saturated carbocycles. The summed E-state index contributed by atoms with van der Waals surface area (Å²) in [5.74, 6) is 1.37. The van der Waals surface area contributed by atoms with E-state index in [1.165, 1.54) is 0 Å². The van der Waals surface area contributed by atoms with Crippen LogP contribution in [0.2, 0.25) is 0 Å². The van der Waals surface area contributed by atoms with Gasteiger partial charge in [-0.2, -0.15) is 10.4 Å². The van der Waals surface area contributed by atoms with E-state index in [0.717, 1.165) is 33.6 Å². The number of hydrogen-bond acceptors (Lipinski definition) is 5. The van der Waals surface area contributed by atoms with Gasteiger partial charge in [-0.25, -0.2) is 14.6 Å². The van der Waals surface area contributed by atoms with E-state index < -0.39 is 0 Å². The first kappa shape index (κ1) is 16.2. The Kier molecular flexibility index (Phi) is 4.63. The Hall–Kier alpha value is -2.65. The third kappa shape index (κ3) is 3.31. The van der Waals surface area contributed by atoms with Crippen LogP contribution in [-0.4, -0.2) is 19.7 Å². The normalized spacial score (nSPS) is 10.6. The van der Waals surface area contributed by atoms with Crippen LogP contribution >= 0.6 is 11.8 Å². The molecule has 24 heavy (non-hydrogen) atoms. The Morgan fingerprint density at radius 2 is 1.88 bits per heavy atom. The lowest BCUT2D eigenvalue weighted by molar-refractivity contribution is 0.828. The average Bonchev–Trinajstić information content (AvgIpc) is 2.88. The molecular weight excluding hydrogens is 318 g/mol. The molecule has 0 saturated heterocycles. The SMILES string of the molecule is Cc1cc(SCc2c(C#N)c(C)nn2-c2ccccc2)nc(C)n1. The number of thioether (sulfide) groups is 1. The van der Waals surface area contributed by atoms with Crippen LogP contribution in [0.15, 0.2) is 41.4 Å². The largest absolute Gasteiger partial charge is 0.238 e. The molecule has 0 fully saturated rings. The molecule has 3 aromatic rings. The van der Waals surface area contributed by atoms with Gasteiger partial charge in [0.2, 0.25) is 0 Å². The zero-order valence-corrected chi connectivity index (χ0v) is 14.6. The summed E-state index contributed by atoms with van der Waals surface area (Å²) in [5.41, 5.74) is 4.16. The van der Waals surface area contributed by atoms with E-state index in [-0.39, 0.29) is 0 Å². The minimum atomic E-state index is 0.620. The van der Waals surface area contributed by atoms with E-state index in [1.54, 1.807) is 11.8 Å². The molecule has 5 nitrogen and oxygen atoms in total. The van der Waals surface area contributed by atoms with E-state index in [0.29, 0.717) is 11.3 Å². The van der Waals surface area contributed by atoms with Crippen LogP contribution < -0.4 is 0 Å². The van der Waals surface area contributed by atoms with Gasteiger partial charge in [-0.05, 0) is 39.0 Å². The maximum absolute atomic E-state index is 9.51. The molecule has 0 aliphatic heterocycles. The summed E-state index contributed by atoms with van der Waals surface area (Å²) in [7, 11) is 0. The minimum absolute atomic E-state index is 0.620. The highest BCUT2D eigenvalue weighted by Crippen LogP contribution is 2.26. The molecule has 3 rings (SSSR count). The monoisotopic (exact) mass is 335 g/mol. The number of aromatic nitrogens is 4. The molecule has 0 radical (unpaired) electrons. The second-order valence-electron chi connectivity index (χ2n) is 5.45. The lowest BCUT2D eigenvalue weighted by Crippen LogP contribution is -2.02. The van der Waals surface area contributed by atoms with Gasteiger partial charge < -0.3 is 0 Å². The van der Waals surface area contributed by atoms with Crippen molar-refractivity contribution < 1.29 is 0 Å². The molecule has 2 heterocycles. The van der Waals surface area contributed by atoms with Crippen LogP contribution in [0.25, 0.3) is 5.69 Å². The van der Waals surface area contributed by atoms with Crippen molar-refractivity contribution in [3.05, 3.63) is 64.9 Å². The highest BCUT2D eigenvalue weighted by atomic mass is 32.2. The smallest absolute Gasteiger partial charge is 0.126 e. The van der Waals surface area contributed by atoms with Gasteiger partial charge in [-0.3, -0.25) is 0 Å². The fourth-order valence-corrected chi connectivity index (χ4v) is 3.54. The second kappa shape index (κ2) is 6.85. The maximum atomic E-state index is 9.51. The lowest BCUT2D eigenvalue weighted by Gasteiger charge is -2.08. The standard InChI is InChI=1S/C18H17N5S/c1-12-9-18(21-14(3)20-12)24-11-17-16(10-19)13(2)22-23(17)15-7-5-4-6-8-15/h4-9H,11H2,1-3H3. The Morgan fingerprint density at radius 3 is 2.54 bits per heavy atom. The van der Waals surface area contributed by atoms with Crippen LogP contribution in [0.5, 0.6) is 0 Å². The zero-order chi connectivity index (χ0) is 17.1. The molecule has 0 unspecified atom stereocenters. The first-order valence-electron chi connectivity index (χ1n) is 7.57. The number of hydrogen-bond donors (Lipinski definition) is 0. The molecule has 2 aromatic heterocycles. The van der Waals surface area contributed by atoms with Gasteiger partial charge in [0, 0.05) is 11.4 Å². The van der Waals surface area contributed by atoms with Gasteiger partial charge in [0.1, 0.15) is 16.9 Å². The first-order chi connectivity index (χ1) is 11.6. The Bertz CT molecular complexity index is 889. The van der Waals surface area contributed by atoms with Crippen LogP contribution in [0, 0.1) is 32.1 Å². The molecule has 0 bridgehead atoms. The van der Waals surface area contributed by atoms with Crippen molar-refractivity contribution in [3.63, 3.8) is 0 Å². The number of nitriles is 1. The number of aryl methyl sites for hydroxylation is 3. The highest BCUT2D eigenvalue weighted by molar-refractivity contribution is 7.98. The first-order valence-corrected chi connectivity index (χ1v) is 8.56. The predicted molar refractivity (Wildman–Crippen MR) is 94.1 cm³/mol. The van der Waals surface area contributed by atoms with Crippen LogP contribution in [-0.2, 0) is 5.75 Å². The molecule has 6 heteroatoms. The third-order valence-corrected chi connectivity index (χ3v) is 4.49. The van der Waals surface area contributed by atoms with Gasteiger partial charge in [-0.15, -0.1) is 0 Å². The summed E-state index contributed by atoms with van der Waals surface area (Å²) in [6.07, 6.45) is 0. The quantitative estimate of drug-likeness (QED) is 0.536. The Labute approximate surface area is 145 Å². The number of para-hydroxylation sites is 1. The van der Waals surface area contributed by atoms with Crippen molar-refractivity contribution in [1.29, 1.82) is 5.26 Å². The van der Waals surface area contributed by atoms with Gasteiger partial charge >= 0.3 is 0 Å². The molecular formula is C18H17N5S. The third-order valence-electron chi connectivity index (χ3n) is 3.57. The lowest BCUT2D eigenvalue weighted by atomic mass is 10.2. The summed E-state index contributed by atoms with van der Waals surface area (Å²) in [6.45, 7) is 5.71. The van der Waals surface area contributed by atoms with Crippen LogP contribution in [0.3, 0.4) is 0 Å². The van der Waals surface area contributed by atoms with Crippen molar-refractivity contribution in [2.75, 3.05) is 0 Å². The van der Waals surface area contributed by atoms with Gasteiger partial charge in [0.05, 0.1) is 22.6 Å². The summed E-state index contributed by atoms with van der Waals surface area (Å²) in [4.78, 5) is 8.75. The number of benzene rings is 1. The van der Waals surface area contributed by atoms with Crippen LogP contribution in [0.4, 0.5) is 0 Å². The maximum Gasteiger partial charge on any atom is 0.126 e. The number of nitrogens with zero attached hydrogens (tertiary/aromatic N) is 5. The highest BCUT2D eigenvalue weighted by Gasteiger charge is 2.16. The van der Waals surface area contributed by atoms with Crippen molar-refractivity contribution in [3.8, 4) is 11.8 Å². The van der Waals surface area contributed by atoms with E-state index in [4.69, 9.17) is 0 Å². The molecule has 1 aromatic carbocycles. The van der Waals surface area contributed by atoms with Gasteiger partial charge in [0.25, 0.3) is 0 Å². The Balaban J connectivity index is 1.96. The van der Waals surface area contributed by atoms with Crippen molar-refractivity contribution >= 4 is 11.8 Å². The fraction of sp³-hybridized carbons (Fsp3) is 0.222. The van der Waals surface area contributed by atoms with Gasteiger partial charge in [-0.1, -0.05) is 30.0 Å². The van der Waals surface area contributed by atoms with E-state index >= 15 is 0 Å². The molecule has 0 atom stereocenters. The molecule has 0 aliphatic carbocycles. The molecule has 0 amide bonds. The fourth-order valence-electron chi connectivity index (χ4n) is 2.54. The summed E-state index contributed by atoms with van der Waals surface area (Å²) in [5, 5.41) is 15.0. The Morgan fingerprint density at radius 1 is 1.12 bits per heavy atom. The second-order valence-corrected chi connectivity index (χ2v) is 6.45. The van der Waals surface area contributed by atoms with Crippen molar-refractivity contribution in [2.24, 2.45) is 0 Å². The van der Waals surface area contributed by atoms with Gasteiger partial charge in [0.15, 0.2) is 0 Å². The van der Waals surface area contributed by atoms with E-state index in [1.807, 2.05) is 61.9 Å².